The first kappa shape index (κ1) is 17.5. The lowest BCUT2D eigenvalue weighted by Crippen LogP contribution is -2.25. The van der Waals surface area contributed by atoms with Crippen molar-refractivity contribution in [3.05, 3.63) is 33.3 Å². The predicted octanol–water partition coefficient (Wildman–Crippen LogP) is 5.40. The number of carbonyl (C=O) groups excluding carboxylic acids is 2. The van der Waals surface area contributed by atoms with Gasteiger partial charge in [-0.05, 0) is 42.5 Å². The number of rotatable bonds is 4. The van der Waals surface area contributed by atoms with E-state index in [-0.39, 0.29) is 16.2 Å². The van der Waals surface area contributed by atoms with Gasteiger partial charge in [0.05, 0.1) is 5.02 Å². The van der Waals surface area contributed by atoms with E-state index >= 15 is 0 Å². The van der Waals surface area contributed by atoms with Crippen molar-refractivity contribution in [2.75, 3.05) is 0 Å². The molecule has 1 aromatic carbocycles. The van der Waals surface area contributed by atoms with Crippen molar-refractivity contribution < 1.29 is 14.3 Å². The second kappa shape index (κ2) is 6.53. The summed E-state index contributed by atoms with van der Waals surface area (Å²) in [5.41, 5.74) is 2.84. The lowest BCUT2D eigenvalue weighted by Gasteiger charge is -2.34. The van der Waals surface area contributed by atoms with Crippen molar-refractivity contribution in [1.82, 2.24) is 0 Å². The van der Waals surface area contributed by atoms with Gasteiger partial charge < -0.3 is 4.74 Å². The highest BCUT2D eigenvalue weighted by atomic mass is 35.5. The van der Waals surface area contributed by atoms with Gasteiger partial charge in [0.1, 0.15) is 5.02 Å². The number of allylic oxidation sites excluding steroid dienone is 2. The maximum atomic E-state index is 12.0. The van der Waals surface area contributed by atoms with E-state index in [1.807, 2.05) is 6.07 Å². The molecule has 2 aliphatic rings. The third kappa shape index (κ3) is 2.89. The monoisotopic (exact) mass is 366 g/mol. The standard InChI is InChI=1S/C19H20Cl2O3/c1-3-4-6-19-7-5-13(23)9-14(19)16-12(10-19)8-15(24-11(2)22)17(20)18(16)21/h8-9H,3-7,10H2,1-2H3. The lowest BCUT2D eigenvalue weighted by atomic mass is 9.69. The topological polar surface area (TPSA) is 43.4 Å². The zero-order valence-electron chi connectivity index (χ0n) is 13.9. The van der Waals surface area contributed by atoms with Crippen LogP contribution in [0, 0.1) is 5.41 Å². The minimum atomic E-state index is -0.432. The highest BCUT2D eigenvalue weighted by Gasteiger charge is 2.45. The summed E-state index contributed by atoms with van der Waals surface area (Å²) in [6, 6.07) is 1.81. The van der Waals surface area contributed by atoms with E-state index in [0.29, 0.717) is 17.2 Å². The number of unbranched alkanes of at least 4 members (excludes halogenated alkanes) is 1. The average Bonchev–Trinajstić information content (AvgIpc) is 2.84. The van der Waals surface area contributed by atoms with Gasteiger partial charge in [0.25, 0.3) is 0 Å². The molecule has 0 heterocycles. The Morgan fingerprint density at radius 1 is 1.33 bits per heavy atom. The molecule has 2 aliphatic carbocycles. The van der Waals surface area contributed by atoms with E-state index in [4.69, 9.17) is 27.9 Å². The van der Waals surface area contributed by atoms with E-state index in [2.05, 4.69) is 6.92 Å². The predicted molar refractivity (Wildman–Crippen MR) is 95.7 cm³/mol. The van der Waals surface area contributed by atoms with Crippen molar-refractivity contribution in [1.29, 1.82) is 0 Å². The summed E-state index contributed by atoms with van der Waals surface area (Å²) < 4.78 is 5.20. The highest BCUT2D eigenvalue weighted by molar-refractivity contribution is 6.44. The Morgan fingerprint density at radius 3 is 2.75 bits per heavy atom. The highest BCUT2D eigenvalue weighted by Crippen LogP contribution is 2.58. The van der Waals surface area contributed by atoms with Crippen LogP contribution >= 0.6 is 23.2 Å². The van der Waals surface area contributed by atoms with Gasteiger partial charge in [-0.15, -0.1) is 0 Å². The van der Waals surface area contributed by atoms with Crippen molar-refractivity contribution in [2.45, 2.75) is 52.4 Å². The molecule has 3 nitrogen and oxygen atoms in total. The molecule has 0 radical (unpaired) electrons. The molecule has 0 aliphatic heterocycles. The van der Waals surface area contributed by atoms with Crippen LogP contribution in [-0.4, -0.2) is 11.8 Å². The first-order valence-electron chi connectivity index (χ1n) is 8.32. The minimum absolute atomic E-state index is 0.0476. The molecule has 1 aromatic rings. The molecule has 0 aromatic heterocycles. The fraction of sp³-hybridized carbons (Fsp3) is 0.474. The molecule has 0 amide bonds. The molecule has 1 atom stereocenters. The van der Waals surface area contributed by atoms with E-state index in [1.54, 1.807) is 6.08 Å². The second-order valence-electron chi connectivity index (χ2n) is 6.72. The van der Waals surface area contributed by atoms with Crippen LogP contribution in [0.25, 0.3) is 5.57 Å². The van der Waals surface area contributed by atoms with Gasteiger partial charge in [0, 0.05) is 24.3 Å². The zero-order chi connectivity index (χ0) is 17.5. The average molecular weight is 367 g/mol. The van der Waals surface area contributed by atoms with Crippen LogP contribution in [0.4, 0.5) is 0 Å². The Balaban J connectivity index is 2.13. The quantitative estimate of drug-likeness (QED) is 0.529. The number of halogens is 2. The number of hydrogen-bond donors (Lipinski definition) is 0. The summed E-state index contributed by atoms with van der Waals surface area (Å²) in [5.74, 6) is 0.00350. The van der Waals surface area contributed by atoms with Crippen LogP contribution in [0.5, 0.6) is 5.75 Å². The number of ketones is 1. The van der Waals surface area contributed by atoms with E-state index in [0.717, 1.165) is 48.8 Å². The molecular formula is C19H20Cl2O3. The molecule has 0 bridgehead atoms. The van der Waals surface area contributed by atoms with Crippen LogP contribution in [-0.2, 0) is 16.0 Å². The number of esters is 1. The molecule has 128 valence electrons. The van der Waals surface area contributed by atoms with Gasteiger partial charge in [-0.25, -0.2) is 0 Å². The third-order valence-corrected chi connectivity index (χ3v) is 5.89. The smallest absolute Gasteiger partial charge is 0.308 e. The van der Waals surface area contributed by atoms with Crippen molar-refractivity contribution >= 4 is 40.5 Å². The summed E-state index contributed by atoms with van der Waals surface area (Å²) in [7, 11) is 0. The largest absolute Gasteiger partial charge is 0.425 e. The molecule has 0 N–H and O–H groups in total. The molecule has 1 unspecified atom stereocenters. The van der Waals surface area contributed by atoms with E-state index in [1.165, 1.54) is 6.92 Å². The second-order valence-corrected chi connectivity index (χ2v) is 7.47. The maximum Gasteiger partial charge on any atom is 0.308 e. The Labute approximate surface area is 152 Å². The number of ether oxygens (including phenoxy) is 1. The van der Waals surface area contributed by atoms with E-state index < -0.39 is 5.97 Å². The Morgan fingerprint density at radius 2 is 2.08 bits per heavy atom. The van der Waals surface area contributed by atoms with Gasteiger partial charge in [-0.2, -0.15) is 0 Å². The van der Waals surface area contributed by atoms with Gasteiger partial charge in [-0.1, -0.05) is 43.0 Å². The van der Waals surface area contributed by atoms with Crippen molar-refractivity contribution in [3.8, 4) is 5.75 Å². The van der Waals surface area contributed by atoms with Gasteiger partial charge in [0.2, 0.25) is 0 Å². The fourth-order valence-corrected chi connectivity index (χ4v) is 4.45. The molecule has 24 heavy (non-hydrogen) atoms. The lowest BCUT2D eigenvalue weighted by molar-refractivity contribution is -0.131. The summed E-state index contributed by atoms with van der Waals surface area (Å²) in [4.78, 5) is 23.3. The van der Waals surface area contributed by atoms with Crippen molar-refractivity contribution in [3.63, 3.8) is 0 Å². The first-order chi connectivity index (χ1) is 11.4. The zero-order valence-corrected chi connectivity index (χ0v) is 15.4. The number of carbonyl (C=O) groups is 2. The van der Waals surface area contributed by atoms with Crippen LogP contribution in [0.1, 0.15) is 57.1 Å². The summed E-state index contributed by atoms with van der Waals surface area (Å²) >= 11 is 12.8. The Hall–Kier alpha value is -1.32. The van der Waals surface area contributed by atoms with Gasteiger partial charge in [-0.3, -0.25) is 9.59 Å². The molecule has 5 heteroatoms. The SMILES string of the molecule is CCCCC12CCC(=O)C=C1c1c(cc(OC(C)=O)c(Cl)c1Cl)C2. The molecule has 0 spiro atoms. The van der Waals surface area contributed by atoms with E-state index in [9.17, 15) is 9.59 Å². The number of fused-ring (bicyclic) bond motifs is 3. The van der Waals surface area contributed by atoms with Crippen LogP contribution in [0.2, 0.25) is 10.0 Å². The third-order valence-electron chi connectivity index (χ3n) is 5.04. The summed E-state index contributed by atoms with van der Waals surface area (Å²) in [6.45, 7) is 3.50. The molecule has 0 fully saturated rings. The molecular weight excluding hydrogens is 347 g/mol. The summed E-state index contributed by atoms with van der Waals surface area (Å²) in [5, 5.41) is 0.612. The minimum Gasteiger partial charge on any atom is -0.425 e. The summed E-state index contributed by atoms with van der Waals surface area (Å²) in [6.07, 6.45) is 7.19. The first-order valence-corrected chi connectivity index (χ1v) is 9.08. The van der Waals surface area contributed by atoms with Crippen LogP contribution in [0.15, 0.2) is 12.1 Å². The Kier molecular flexibility index (Phi) is 4.76. The van der Waals surface area contributed by atoms with Gasteiger partial charge >= 0.3 is 5.97 Å². The maximum absolute atomic E-state index is 12.0. The molecule has 3 rings (SSSR count). The van der Waals surface area contributed by atoms with Crippen molar-refractivity contribution in [2.24, 2.45) is 5.41 Å². The molecule has 0 saturated heterocycles. The molecule has 0 saturated carbocycles. The number of benzene rings is 1. The fourth-order valence-electron chi connectivity index (χ4n) is 3.94. The van der Waals surface area contributed by atoms with Crippen LogP contribution < -0.4 is 4.74 Å². The normalized spacial score (nSPS) is 22.0. The Bertz CT molecular complexity index is 751. The van der Waals surface area contributed by atoms with Crippen LogP contribution in [0.3, 0.4) is 0 Å². The van der Waals surface area contributed by atoms with Gasteiger partial charge in [0.15, 0.2) is 11.5 Å². The number of hydrogen-bond acceptors (Lipinski definition) is 3.